The molecule has 1 amide bonds. The molecule has 0 radical (unpaired) electrons. The van der Waals surface area contributed by atoms with Gasteiger partial charge >= 0.3 is 6.09 Å². The molecule has 4 rings (SSSR count). The van der Waals surface area contributed by atoms with Gasteiger partial charge in [-0.2, -0.15) is 0 Å². The Labute approximate surface area is 219 Å². The fourth-order valence-corrected chi connectivity index (χ4v) is 4.60. The van der Waals surface area contributed by atoms with E-state index in [-0.39, 0.29) is 18.2 Å². The highest BCUT2D eigenvalue weighted by Gasteiger charge is 2.39. The van der Waals surface area contributed by atoms with Gasteiger partial charge in [0, 0.05) is 23.8 Å². The van der Waals surface area contributed by atoms with E-state index in [1.54, 1.807) is 0 Å². The van der Waals surface area contributed by atoms with Gasteiger partial charge in [0.15, 0.2) is 0 Å². The minimum atomic E-state index is -0.565. The lowest BCUT2D eigenvalue weighted by molar-refractivity contribution is 0.0152. The molecule has 0 saturated carbocycles. The molecule has 1 saturated heterocycles. The highest BCUT2D eigenvalue weighted by atomic mass is 35.5. The Bertz CT molecular complexity index is 1100. The zero-order valence-corrected chi connectivity index (χ0v) is 22.0. The molecule has 1 aliphatic heterocycles. The Hall–Kier alpha value is -3.02. The first-order valence-corrected chi connectivity index (χ1v) is 12.8. The van der Waals surface area contributed by atoms with Gasteiger partial charge in [-0.1, -0.05) is 72.3 Å². The van der Waals surface area contributed by atoms with Crippen LogP contribution in [0.4, 0.5) is 10.5 Å². The van der Waals surface area contributed by atoms with Crippen molar-refractivity contribution in [3.05, 3.63) is 101 Å². The minimum Gasteiger partial charge on any atom is -0.444 e. The Balaban J connectivity index is 1.54. The van der Waals surface area contributed by atoms with Gasteiger partial charge in [-0.3, -0.25) is 0 Å². The van der Waals surface area contributed by atoms with Crippen LogP contribution < -0.4 is 4.90 Å². The molecule has 3 aromatic rings. The molecule has 6 heteroatoms. The maximum Gasteiger partial charge on any atom is 0.410 e. The highest BCUT2D eigenvalue weighted by Crippen LogP contribution is 2.28. The third-order valence-electron chi connectivity index (χ3n) is 6.17. The Kier molecular flexibility index (Phi) is 8.55. The van der Waals surface area contributed by atoms with E-state index in [1.807, 2.05) is 86.3 Å². The molecule has 5 nitrogen and oxygen atoms in total. The standard InChI is InChI=1S/C30H35ClN2O3/c1-30(2,3)36-29(34)33-21-28(35-22-24-12-8-5-9-13-24)18-27(33)20-32(19-23-10-6-4-7-11-23)26-16-14-25(31)15-17-26/h4-17,27-28H,18-22H2,1-3H3. The van der Waals surface area contributed by atoms with Gasteiger partial charge in [-0.25, -0.2) is 4.79 Å². The summed E-state index contributed by atoms with van der Waals surface area (Å²) < 4.78 is 12.0. The molecule has 1 heterocycles. The second-order valence-corrected chi connectivity index (χ2v) is 10.7. The summed E-state index contributed by atoms with van der Waals surface area (Å²) in [4.78, 5) is 17.4. The second-order valence-electron chi connectivity index (χ2n) is 10.3. The number of halogens is 1. The van der Waals surface area contributed by atoms with Crippen LogP contribution in [-0.2, 0) is 22.6 Å². The van der Waals surface area contributed by atoms with Crippen molar-refractivity contribution in [1.82, 2.24) is 4.90 Å². The van der Waals surface area contributed by atoms with E-state index >= 15 is 0 Å². The molecule has 2 atom stereocenters. The first kappa shape index (κ1) is 26.1. The van der Waals surface area contributed by atoms with Crippen molar-refractivity contribution < 1.29 is 14.3 Å². The summed E-state index contributed by atoms with van der Waals surface area (Å²) in [6.45, 7) is 8.09. The third-order valence-corrected chi connectivity index (χ3v) is 6.42. The first-order valence-electron chi connectivity index (χ1n) is 12.5. The summed E-state index contributed by atoms with van der Waals surface area (Å²) in [6.07, 6.45) is 0.380. The maximum absolute atomic E-state index is 13.2. The zero-order chi connectivity index (χ0) is 25.5. The molecule has 0 bridgehead atoms. The smallest absolute Gasteiger partial charge is 0.410 e. The van der Waals surface area contributed by atoms with Crippen molar-refractivity contribution in [2.75, 3.05) is 18.0 Å². The van der Waals surface area contributed by atoms with Crippen LogP contribution in [0, 0.1) is 0 Å². The zero-order valence-electron chi connectivity index (χ0n) is 21.3. The van der Waals surface area contributed by atoms with Crippen LogP contribution in [0.25, 0.3) is 0 Å². The topological polar surface area (TPSA) is 42.0 Å². The highest BCUT2D eigenvalue weighted by molar-refractivity contribution is 6.30. The number of likely N-dealkylation sites (tertiary alicyclic amines) is 1. The molecule has 0 N–H and O–H groups in total. The van der Waals surface area contributed by atoms with Crippen LogP contribution in [0.2, 0.25) is 5.02 Å². The summed E-state index contributed by atoms with van der Waals surface area (Å²) in [5, 5.41) is 0.698. The molecule has 36 heavy (non-hydrogen) atoms. The Morgan fingerprint density at radius 3 is 2.17 bits per heavy atom. The molecule has 190 valence electrons. The fraction of sp³-hybridized carbons (Fsp3) is 0.367. The van der Waals surface area contributed by atoms with Crippen molar-refractivity contribution in [1.29, 1.82) is 0 Å². The number of amides is 1. The third kappa shape index (κ3) is 7.49. The summed E-state index contributed by atoms with van der Waals surface area (Å²) in [5.74, 6) is 0. The van der Waals surface area contributed by atoms with Gasteiger partial charge in [0.25, 0.3) is 0 Å². The van der Waals surface area contributed by atoms with Crippen LogP contribution >= 0.6 is 11.6 Å². The largest absolute Gasteiger partial charge is 0.444 e. The average molecular weight is 507 g/mol. The predicted molar refractivity (Wildman–Crippen MR) is 145 cm³/mol. The molecule has 0 aromatic heterocycles. The van der Waals surface area contributed by atoms with E-state index in [1.165, 1.54) is 5.56 Å². The van der Waals surface area contributed by atoms with Crippen LogP contribution in [0.3, 0.4) is 0 Å². The summed E-state index contributed by atoms with van der Waals surface area (Å²) in [5.41, 5.74) is 2.81. The lowest BCUT2D eigenvalue weighted by Crippen LogP contribution is -2.45. The molecule has 3 aromatic carbocycles. The van der Waals surface area contributed by atoms with Crippen molar-refractivity contribution in [2.24, 2.45) is 0 Å². The van der Waals surface area contributed by atoms with E-state index in [0.29, 0.717) is 24.7 Å². The number of carbonyl (C=O) groups is 1. The van der Waals surface area contributed by atoms with Crippen LogP contribution in [-0.4, -0.2) is 41.8 Å². The van der Waals surface area contributed by atoms with Gasteiger partial charge in [-0.15, -0.1) is 0 Å². The molecule has 1 aliphatic rings. The van der Waals surface area contributed by atoms with Crippen molar-refractivity contribution in [3.8, 4) is 0 Å². The Morgan fingerprint density at radius 2 is 1.56 bits per heavy atom. The van der Waals surface area contributed by atoms with E-state index in [2.05, 4.69) is 29.2 Å². The van der Waals surface area contributed by atoms with Crippen LogP contribution in [0.1, 0.15) is 38.3 Å². The van der Waals surface area contributed by atoms with E-state index in [0.717, 1.165) is 24.2 Å². The van der Waals surface area contributed by atoms with Gasteiger partial charge in [0.05, 0.1) is 25.3 Å². The van der Waals surface area contributed by atoms with Gasteiger partial charge < -0.3 is 19.3 Å². The molecule has 1 fully saturated rings. The van der Waals surface area contributed by atoms with Crippen molar-refractivity contribution >= 4 is 23.4 Å². The normalized spacial score (nSPS) is 17.7. The molecule has 0 spiro atoms. The van der Waals surface area contributed by atoms with Gasteiger partial charge in [0.2, 0.25) is 0 Å². The molecular formula is C30H35ClN2O3. The Morgan fingerprint density at radius 1 is 0.944 bits per heavy atom. The summed E-state index contributed by atoms with van der Waals surface area (Å²) >= 11 is 6.17. The van der Waals surface area contributed by atoms with Crippen molar-refractivity contribution in [2.45, 2.75) is 58.1 Å². The summed E-state index contributed by atoms with van der Waals surface area (Å²) in [6, 6.07) is 28.3. The van der Waals surface area contributed by atoms with E-state index < -0.39 is 5.60 Å². The number of rotatable bonds is 8. The van der Waals surface area contributed by atoms with Crippen LogP contribution in [0.15, 0.2) is 84.9 Å². The first-order chi connectivity index (χ1) is 17.3. The molecular weight excluding hydrogens is 472 g/mol. The number of hydrogen-bond acceptors (Lipinski definition) is 4. The lowest BCUT2D eigenvalue weighted by atomic mass is 10.1. The summed E-state index contributed by atoms with van der Waals surface area (Å²) in [7, 11) is 0. The molecule has 0 aliphatic carbocycles. The number of carbonyl (C=O) groups excluding carboxylic acids is 1. The lowest BCUT2D eigenvalue weighted by Gasteiger charge is -2.33. The number of nitrogens with zero attached hydrogens (tertiary/aromatic N) is 2. The quantitative estimate of drug-likeness (QED) is 0.332. The number of hydrogen-bond donors (Lipinski definition) is 0. The number of anilines is 1. The van der Waals surface area contributed by atoms with E-state index in [9.17, 15) is 4.79 Å². The fourth-order valence-electron chi connectivity index (χ4n) is 4.47. The monoisotopic (exact) mass is 506 g/mol. The maximum atomic E-state index is 13.2. The molecule has 2 unspecified atom stereocenters. The number of ether oxygens (including phenoxy) is 2. The van der Waals surface area contributed by atoms with Gasteiger partial charge in [-0.05, 0) is 62.6 Å². The predicted octanol–water partition coefficient (Wildman–Crippen LogP) is 6.94. The van der Waals surface area contributed by atoms with Crippen molar-refractivity contribution in [3.63, 3.8) is 0 Å². The SMILES string of the molecule is CC(C)(C)OC(=O)N1CC(OCc2ccccc2)CC1CN(Cc1ccccc1)c1ccc(Cl)cc1. The van der Waals surface area contributed by atoms with Crippen LogP contribution in [0.5, 0.6) is 0 Å². The minimum absolute atomic E-state index is 0.0555. The number of benzene rings is 3. The van der Waals surface area contributed by atoms with E-state index in [4.69, 9.17) is 21.1 Å². The van der Waals surface area contributed by atoms with Gasteiger partial charge in [0.1, 0.15) is 5.60 Å². The average Bonchev–Trinajstić information content (AvgIpc) is 3.26. The second kappa shape index (κ2) is 11.8.